The van der Waals surface area contributed by atoms with Crippen molar-refractivity contribution in [1.29, 1.82) is 0 Å². The van der Waals surface area contributed by atoms with Crippen molar-refractivity contribution in [2.75, 3.05) is 6.61 Å². The van der Waals surface area contributed by atoms with E-state index in [4.69, 9.17) is 16.3 Å². The molecule has 1 aromatic rings. The van der Waals surface area contributed by atoms with Gasteiger partial charge in [0.15, 0.2) is 0 Å². The molecular formula is C18H26ClNO3. The Kier molecular flexibility index (Phi) is 9.37. The first-order valence-electron chi connectivity index (χ1n) is 8.28. The lowest BCUT2D eigenvalue weighted by Gasteiger charge is -2.14. The van der Waals surface area contributed by atoms with Crippen molar-refractivity contribution in [1.82, 2.24) is 5.32 Å². The van der Waals surface area contributed by atoms with Crippen molar-refractivity contribution in [2.24, 2.45) is 0 Å². The van der Waals surface area contributed by atoms with Crippen LogP contribution in [-0.4, -0.2) is 24.5 Å². The Morgan fingerprint density at radius 1 is 1.13 bits per heavy atom. The van der Waals surface area contributed by atoms with Crippen LogP contribution in [0.25, 0.3) is 0 Å². The van der Waals surface area contributed by atoms with Crippen molar-refractivity contribution in [3.05, 3.63) is 34.9 Å². The normalized spacial score (nSPS) is 11.8. The first kappa shape index (κ1) is 19.5. The van der Waals surface area contributed by atoms with E-state index in [9.17, 15) is 9.59 Å². The average molecular weight is 340 g/mol. The highest BCUT2D eigenvalue weighted by molar-refractivity contribution is 6.33. The Hall–Kier alpha value is -1.55. The van der Waals surface area contributed by atoms with E-state index in [-0.39, 0.29) is 5.91 Å². The second kappa shape index (κ2) is 11.1. The topological polar surface area (TPSA) is 55.4 Å². The van der Waals surface area contributed by atoms with Gasteiger partial charge < -0.3 is 10.1 Å². The highest BCUT2D eigenvalue weighted by atomic mass is 35.5. The molecule has 0 aliphatic carbocycles. The van der Waals surface area contributed by atoms with Gasteiger partial charge in [-0.3, -0.25) is 4.79 Å². The molecule has 0 fully saturated rings. The fourth-order valence-corrected chi connectivity index (χ4v) is 2.38. The van der Waals surface area contributed by atoms with Gasteiger partial charge >= 0.3 is 5.97 Å². The van der Waals surface area contributed by atoms with E-state index < -0.39 is 12.0 Å². The molecule has 5 heteroatoms. The third-order valence-electron chi connectivity index (χ3n) is 3.56. The molecule has 23 heavy (non-hydrogen) atoms. The second-order valence-electron chi connectivity index (χ2n) is 5.61. The van der Waals surface area contributed by atoms with Crippen molar-refractivity contribution in [3.8, 4) is 0 Å². The molecule has 0 saturated carbocycles. The zero-order valence-corrected chi connectivity index (χ0v) is 14.7. The number of benzene rings is 1. The zero-order valence-electron chi connectivity index (χ0n) is 13.9. The number of amides is 1. The number of carbonyl (C=O) groups excluding carboxylic acids is 2. The minimum atomic E-state index is -0.695. The fraction of sp³-hybridized carbons (Fsp3) is 0.556. The summed E-state index contributed by atoms with van der Waals surface area (Å²) in [5.41, 5.74) is 0.352. The first-order chi connectivity index (χ1) is 11.1. The van der Waals surface area contributed by atoms with Crippen LogP contribution in [0.4, 0.5) is 0 Å². The second-order valence-corrected chi connectivity index (χ2v) is 6.02. The summed E-state index contributed by atoms with van der Waals surface area (Å²) in [6.45, 7) is 4.19. The molecular weight excluding hydrogens is 314 g/mol. The van der Waals surface area contributed by atoms with E-state index in [0.29, 0.717) is 17.2 Å². The van der Waals surface area contributed by atoms with Crippen LogP contribution < -0.4 is 5.32 Å². The Morgan fingerprint density at radius 3 is 2.48 bits per heavy atom. The monoisotopic (exact) mass is 339 g/mol. The Labute approximate surface area is 143 Å². The zero-order chi connectivity index (χ0) is 17.1. The van der Waals surface area contributed by atoms with Gasteiger partial charge in [0.25, 0.3) is 5.91 Å². The van der Waals surface area contributed by atoms with Crippen LogP contribution in [0, 0.1) is 0 Å². The molecule has 0 aromatic heterocycles. The van der Waals surface area contributed by atoms with Crippen molar-refractivity contribution >= 4 is 23.5 Å². The minimum Gasteiger partial charge on any atom is -0.464 e. The largest absolute Gasteiger partial charge is 0.464 e. The number of hydrogen-bond acceptors (Lipinski definition) is 3. The number of carbonyl (C=O) groups is 2. The molecule has 1 amide bonds. The summed E-state index contributed by atoms with van der Waals surface area (Å²) >= 11 is 5.96. The maximum atomic E-state index is 12.1. The van der Waals surface area contributed by atoms with Gasteiger partial charge in [-0.05, 0) is 25.5 Å². The molecule has 0 bridgehead atoms. The maximum Gasteiger partial charge on any atom is 0.328 e. The summed E-state index contributed by atoms with van der Waals surface area (Å²) in [4.78, 5) is 23.9. The molecule has 0 spiro atoms. The number of ether oxygens (including phenoxy) is 1. The fourth-order valence-electron chi connectivity index (χ4n) is 2.16. The molecule has 0 saturated heterocycles. The van der Waals surface area contributed by atoms with Gasteiger partial charge in [0.2, 0.25) is 0 Å². The Bertz CT molecular complexity index is 505. The molecule has 128 valence electrons. The number of unbranched alkanes of at least 4 members (excludes halogenated alkanes) is 5. The summed E-state index contributed by atoms with van der Waals surface area (Å²) in [7, 11) is 0. The van der Waals surface area contributed by atoms with Crippen LogP contribution in [0.5, 0.6) is 0 Å². The standard InChI is InChI=1S/C18H26ClNO3/c1-3-4-5-6-7-10-13-23-18(22)14(2)20-17(21)15-11-8-9-12-16(15)19/h8-9,11-12,14H,3-7,10,13H2,1-2H3,(H,20,21)/t14-/m0/s1. The maximum absolute atomic E-state index is 12.1. The summed E-state index contributed by atoms with van der Waals surface area (Å²) < 4.78 is 5.19. The lowest BCUT2D eigenvalue weighted by molar-refractivity contribution is -0.145. The average Bonchev–Trinajstić information content (AvgIpc) is 2.54. The summed E-state index contributed by atoms with van der Waals surface area (Å²) in [6, 6.07) is 6.03. The summed E-state index contributed by atoms with van der Waals surface area (Å²) in [5, 5.41) is 2.97. The smallest absolute Gasteiger partial charge is 0.328 e. The van der Waals surface area contributed by atoms with E-state index in [1.54, 1.807) is 31.2 Å². The molecule has 4 nitrogen and oxygen atoms in total. The number of hydrogen-bond donors (Lipinski definition) is 1. The highest BCUT2D eigenvalue weighted by Crippen LogP contribution is 2.14. The van der Waals surface area contributed by atoms with Crippen molar-refractivity contribution in [3.63, 3.8) is 0 Å². The molecule has 0 aliphatic rings. The van der Waals surface area contributed by atoms with E-state index in [0.717, 1.165) is 12.8 Å². The molecule has 1 N–H and O–H groups in total. The summed E-state index contributed by atoms with van der Waals surface area (Å²) in [5.74, 6) is -0.793. The highest BCUT2D eigenvalue weighted by Gasteiger charge is 2.19. The lowest BCUT2D eigenvalue weighted by Crippen LogP contribution is -2.39. The summed E-state index contributed by atoms with van der Waals surface area (Å²) in [6.07, 6.45) is 6.80. The molecule has 1 aromatic carbocycles. The third-order valence-corrected chi connectivity index (χ3v) is 3.89. The van der Waals surface area contributed by atoms with Crippen LogP contribution in [0.3, 0.4) is 0 Å². The van der Waals surface area contributed by atoms with Crippen LogP contribution in [-0.2, 0) is 9.53 Å². The number of rotatable bonds is 10. The molecule has 1 rings (SSSR count). The van der Waals surface area contributed by atoms with Crippen molar-refractivity contribution < 1.29 is 14.3 Å². The first-order valence-corrected chi connectivity index (χ1v) is 8.66. The van der Waals surface area contributed by atoms with Gasteiger partial charge in [0.1, 0.15) is 6.04 Å². The minimum absolute atomic E-state index is 0.352. The van der Waals surface area contributed by atoms with Gasteiger partial charge in [0, 0.05) is 0 Å². The third kappa shape index (κ3) is 7.51. The number of esters is 1. The van der Waals surface area contributed by atoms with Crippen LogP contribution in [0.1, 0.15) is 62.7 Å². The lowest BCUT2D eigenvalue weighted by atomic mass is 10.1. The van der Waals surface area contributed by atoms with Gasteiger partial charge in [0.05, 0.1) is 17.2 Å². The predicted molar refractivity (Wildman–Crippen MR) is 92.7 cm³/mol. The number of nitrogens with one attached hydrogen (secondary N) is 1. The van der Waals surface area contributed by atoms with Gasteiger partial charge in [-0.2, -0.15) is 0 Å². The van der Waals surface area contributed by atoms with Crippen LogP contribution >= 0.6 is 11.6 Å². The Balaban J connectivity index is 2.26. The number of halogens is 1. The predicted octanol–water partition coefficient (Wildman–Crippen LogP) is 4.36. The SMILES string of the molecule is CCCCCCCCOC(=O)[C@H](C)NC(=O)c1ccccc1Cl. The quantitative estimate of drug-likeness (QED) is 0.509. The molecule has 0 radical (unpaired) electrons. The van der Waals surface area contributed by atoms with Gasteiger partial charge in [-0.25, -0.2) is 4.79 Å². The van der Waals surface area contributed by atoms with E-state index >= 15 is 0 Å². The molecule has 0 aliphatic heterocycles. The van der Waals surface area contributed by atoms with E-state index in [1.807, 2.05) is 0 Å². The Morgan fingerprint density at radius 2 is 1.78 bits per heavy atom. The van der Waals surface area contributed by atoms with Crippen LogP contribution in [0.15, 0.2) is 24.3 Å². The molecule has 0 unspecified atom stereocenters. The van der Waals surface area contributed by atoms with Gasteiger partial charge in [-0.1, -0.05) is 62.8 Å². The van der Waals surface area contributed by atoms with E-state index in [1.165, 1.54) is 25.7 Å². The van der Waals surface area contributed by atoms with Crippen molar-refractivity contribution in [2.45, 2.75) is 58.4 Å². The molecule has 1 atom stereocenters. The van der Waals surface area contributed by atoms with Gasteiger partial charge in [-0.15, -0.1) is 0 Å². The van der Waals surface area contributed by atoms with Crippen LogP contribution in [0.2, 0.25) is 5.02 Å². The van der Waals surface area contributed by atoms with E-state index in [2.05, 4.69) is 12.2 Å². The molecule has 0 heterocycles.